The predicted octanol–water partition coefficient (Wildman–Crippen LogP) is 4.34. The first-order chi connectivity index (χ1) is 9.61. The second kappa shape index (κ2) is 7.36. The first-order valence-electron chi connectivity index (χ1n) is 6.51. The summed E-state index contributed by atoms with van der Waals surface area (Å²) in [6.45, 7) is 1.45. The molecule has 0 spiro atoms. The predicted molar refractivity (Wildman–Crippen MR) is 91.5 cm³/mol. The fraction of sp³-hybridized carbons (Fsp3) is 0.250. The molecule has 2 aromatic carbocycles. The number of halogens is 2. The van der Waals surface area contributed by atoms with Gasteiger partial charge in [0.2, 0.25) is 0 Å². The fourth-order valence-electron chi connectivity index (χ4n) is 2.32. The standard InChI is InChI=1S/C16H18Br2N2/c1-20(11-12-5-4-6-13(17)9-12)16(10-19)14-7-2-3-8-15(14)18/h2-9,16H,10-11,19H2,1H3. The molecule has 0 amide bonds. The Hall–Kier alpha value is -0.680. The van der Waals surface area contributed by atoms with Gasteiger partial charge in [-0.15, -0.1) is 0 Å². The van der Waals surface area contributed by atoms with Gasteiger partial charge in [0.25, 0.3) is 0 Å². The Bertz CT molecular complexity index is 572. The molecule has 0 aromatic heterocycles. The molecule has 0 fully saturated rings. The highest BCUT2D eigenvalue weighted by atomic mass is 79.9. The molecule has 1 unspecified atom stereocenters. The molecule has 0 bridgehead atoms. The molecule has 4 heteroatoms. The van der Waals surface area contributed by atoms with Gasteiger partial charge < -0.3 is 5.73 Å². The Balaban J connectivity index is 2.18. The van der Waals surface area contributed by atoms with Crippen LogP contribution in [-0.4, -0.2) is 18.5 Å². The van der Waals surface area contributed by atoms with E-state index in [-0.39, 0.29) is 6.04 Å². The lowest BCUT2D eigenvalue weighted by Crippen LogP contribution is -2.30. The minimum Gasteiger partial charge on any atom is -0.329 e. The minimum absolute atomic E-state index is 0.199. The molecule has 0 radical (unpaired) electrons. The number of likely N-dealkylation sites (N-methyl/N-ethyl adjacent to an activating group) is 1. The van der Waals surface area contributed by atoms with Crippen LogP contribution < -0.4 is 5.73 Å². The maximum absolute atomic E-state index is 5.99. The lowest BCUT2D eigenvalue weighted by Gasteiger charge is -2.28. The minimum atomic E-state index is 0.199. The Morgan fingerprint density at radius 3 is 2.50 bits per heavy atom. The highest BCUT2D eigenvalue weighted by molar-refractivity contribution is 9.10. The SMILES string of the molecule is CN(Cc1cccc(Br)c1)C(CN)c1ccccc1Br. The molecule has 2 N–H and O–H groups in total. The van der Waals surface area contributed by atoms with Crippen molar-refractivity contribution >= 4 is 31.9 Å². The molecule has 0 aliphatic carbocycles. The molecule has 0 aliphatic rings. The van der Waals surface area contributed by atoms with E-state index in [1.54, 1.807) is 0 Å². The summed E-state index contributed by atoms with van der Waals surface area (Å²) in [5.41, 5.74) is 8.49. The van der Waals surface area contributed by atoms with Gasteiger partial charge in [-0.25, -0.2) is 0 Å². The zero-order valence-corrected chi connectivity index (χ0v) is 14.6. The fourth-order valence-corrected chi connectivity index (χ4v) is 3.32. The summed E-state index contributed by atoms with van der Waals surface area (Å²) >= 11 is 7.13. The van der Waals surface area contributed by atoms with Gasteiger partial charge >= 0.3 is 0 Å². The quantitative estimate of drug-likeness (QED) is 0.812. The summed E-state index contributed by atoms with van der Waals surface area (Å²) in [4.78, 5) is 2.28. The number of benzene rings is 2. The van der Waals surface area contributed by atoms with Gasteiger partial charge in [-0.2, -0.15) is 0 Å². The van der Waals surface area contributed by atoms with E-state index in [1.165, 1.54) is 11.1 Å². The van der Waals surface area contributed by atoms with Gasteiger partial charge in [0.1, 0.15) is 0 Å². The lowest BCUT2D eigenvalue weighted by atomic mass is 10.1. The first kappa shape index (κ1) is 15.7. The van der Waals surface area contributed by atoms with Crippen molar-refractivity contribution in [3.05, 3.63) is 68.6 Å². The van der Waals surface area contributed by atoms with Crippen LogP contribution in [0.15, 0.2) is 57.5 Å². The van der Waals surface area contributed by atoms with Gasteiger partial charge in [-0.1, -0.05) is 62.2 Å². The second-order valence-electron chi connectivity index (χ2n) is 4.82. The van der Waals surface area contributed by atoms with E-state index in [2.05, 4.69) is 80.2 Å². The van der Waals surface area contributed by atoms with E-state index in [4.69, 9.17) is 5.73 Å². The third-order valence-electron chi connectivity index (χ3n) is 3.34. The van der Waals surface area contributed by atoms with Crippen molar-refractivity contribution in [1.29, 1.82) is 0 Å². The van der Waals surface area contributed by atoms with Crippen LogP contribution in [0.4, 0.5) is 0 Å². The van der Waals surface area contributed by atoms with Crippen molar-refractivity contribution in [3.8, 4) is 0 Å². The third kappa shape index (κ3) is 3.92. The van der Waals surface area contributed by atoms with Crippen molar-refractivity contribution < 1.29 is 0 Å². The number of nitrogens with zero attached hydrogens (tertiary/aromatic N) is 1. The smallest absolute Gasteiger partial charge is 0.0482 e. The van der Waals surface area contributed by atoms with Crippen LogP contribution in [0.3, 0.4) is 0 Å². The van der Waals surface area contributed by atoms with E-state index < -0.39 is 0 Å². The zero-order chi connectivity index (χ0) is 14.5. The number of hydrogen-bond donors (Lipinski definition) is 1. The maximum Gasteiger partial charge on any atom is 0.0482 e. The van der Waals surface area contributed by atoms with E-state index in [0.717, 1.165) is 15.5 Å². The van der Waals surface area contributed by atoms with Crippen LogP contribution in [0.1, 0.15) is 17.2 Å². The van der Waals surface area contributed by atoms with E-state index in [0.29, 0.717) is 6.54 Å². The molecule has 106 valence electrons. The van der Waals surface area contributed by atoms with E-state index >= 15 is 0 Å². The average molecular weight is 398 g/mol. The van der Waals surface area contributed by atoms with Gasteiger partial charge in [-0.3, -0.25) is 4.90 Å². The molecule has 20 heavy (non-hydrogen) atoms. The molecule has 2 nitrogen and oxygen atoms in total. The highest BCUT2D eigenvalue weighted by Gasteiger charge is 2.17. The number of nitrogens with two attached hydrogens (primary N) is 1. The average Bonchev–Trinajstić information content (AvgIpc) is 2.41. The van der Waals surface area contributed by atoms with Crippen molar-refractivity contribution in [2.75, 3.05) is 13.6 Å². The Morgan fingerprint density at radius 1 is 1.10 bits per heavy atom. The molecular formula is C16H18Br2N2. The molecule has 0 heterocycles. The van der Waals surface area contributed by atoms with Crippen molar-refractivity contribution in [1.82, 2.24) is 4.90 Å². The Morgan fingerprint density at radius 2 is 1.85 bits per heavy atom. The summed E-state index contributed by atoms with van der Waals surface area (Å²) in [7, 11) is 2.11. The monoisotopic (exact) mass is 396 g/mol. The molecule has 2 rings (SSSR count). The number of hydrogen-bond acceptors (Lipinski definition) is 2. The topological polar surface area (TPSA) is 29.3 Å². The molecule has 0 aliphatic heterocycles. The van der Waals surface area contributed by atoms with Crippen molar-refractivity contribution in [3.63, 3.8) is 0 Å². The van der Waals surface area contributed by atoms with Crippen molar-refractivity contribution in [2.24, 2.45) is 5.73 Å². The summed E-state index contributed by atoms with van der Waals surface area (Å²) in [6.07, 6.45) is 0. The van der Waals surface area contributed by atoms with Gasteiger partial charge in [0.05, 0.1) is 0 Å². The molecule has 0 saturated heterocycles. The summed E-state index contributed by atoms with van der Waals surface area (Å²) in [5, 5.41) is 0. The zero-order valence-electron chi connectivity index (χ0n) is 11.4. The highest BCUT2D eigenvalue weighted by Crippen LogP contribution is 2.27. The summed E-state index contributed by atoms with van der Waals surface area (Å²) < 4.78 is 2.21. The van der Waals surface area contributed by atoms with Gasteiger partial charge in [0.15, 0.2) is 0 Å². The van der Waals surface area contributed by atoms with Crippen LogP contribution in [0, 0.1) is 0 Å². The lowest BCUT2D eigenvalue weighted by molar-refractivity contribution is 0.241. The first-order valence-corrected chi connectivity index (χ1v) is 8.09. The second-order valence-corrected chi connectivity index (χ2v) is 6.59. The molecule has 2 aromatic rings. The van der Waals surface area contributed by atoms with Crippen LogP contribution in [-0.2, 0) is 6.54 Å². The molecule has 0 saturated carbocycles. The largest absolute Gasteiger partial charge is 0.329 e. The van der Waals surface area contributed by atoms with Crippen molar-refractivity contribution in [2.45, 2.75) is 12.6 Å². The van der Waals surface area contributed by atoms with Crippen LogP contribution in [0.2, 0.25) is 0 Å². The van der Waals surface area contributed by atoms with Gasteiger partial charge in [0, 0.05) is 28.1 Å². The Kier molecular flexibility index (Phi) is 5.78. The van der Waals surface area contributed by atoms with Crippen LogP contribution in [0.25, 0.3) is 0 Å². The normalized spacial score (nSPS) is 12.7. The van der Waals surface area contributed by atoms with Crippen LogP contribution in [0.5, 0.6) is 0 Å². The third-order valence-corrected chi connectivity index (χ3v) is 4.56. The number of rotatable bonds is 5. The molecule has 1 atom stereocenters. The molecular weight excluding hydrogens is 380 g/mol. The van der Waals surface area contributed by atoms with E-state index in [9.17, 15) is 0 Å². The van der Waals surface area contributed by atoms with Crippen LogP contribution >= 0.6 is 31.9 Å². The van der Waals surface area contributed by atoms with Gasteiger partial charge in [-0.05, 0) is 36.4 Å². The maximum atomic E-state index is 5.99. The summed E-state index contributed by atoms with van der Waals surface area (Å²) in [6, 6.07) is 16.8. The van der Waals surface area contributed by atoms with E-state index in [1.807, 2.05) is 12.1 Å². The summed E-state index contributed by atoms with van der Waals surface area (Å²) in [5.74, 6) is 0. The Labute approximate surface area is 137 Å².